The van der Waals surface area contributed by atoms with Crippen LogP contribution in [-0.4, -0.2) is 34.7 Å². The summed E-state index contributed by atoms with van der Waals surface area (Å²) in [5.41, 5.74) is 6.08. The molecule has 1 aromatic heterocycles. The van der Waals surface area contributed by atoms with E-state index in [1.807, 2.05) is 36.4 Å². The number of carboxylic acid groups (broad SMARTS) is 1. The lowest BCUT2D eigenvalue weighted by Gasteiger charge is -2.09. The summed E-state index contributed by atoms with van der Waals surface area (Å²) in [5.74, 6) is 1.10. The van der Waals surface area contributed by atoms with Crippen molar-refractivity contribution >= 4 is 51.9 Å². The van der Waals surface area contributed by atoms with E-state index >= 15 is 0 Å². The van der Waals surface area contributed by atoms with Gasteiger partial charge < -0.3 is 14.4 Å². The van der Waals surface area contributed by atoms with Gasteiger partial charge in [0.1, 0.15) is 11.4 Å². The number of aryl methyl sites for hydroxylation is 1. The Morgan fingerprint density at radius 1 is 0.952 bits per heavy atom. The normalized spacial score (nSPS) is 11.0. The largest absolute Gasteiger partial charge is 0.481 e. The fourth-order valence-corrected chi connectivity index (χ4v) is 5.65. The first kappa shape index (κ1) is 29.2. The molecule has 0 aliphatic heterocycles. The zero-order chi connectivity index (χ0) is 29.5. The maximum Gasteiger partial charge on any atom is 0.411 e. The van der Waals surface area contributed by atoms with Crippen LogP contribution in [-0.2, 0) is 21.7 Å². The number of thioether (sulfide) groups is 1. The summed E-state index contributed by atoms with van der Waals surface area (Å²) >= 11 is 7.81. The molecule has 4 aromatic carbocycles. The molecule has 0 aliphatic rings. The quantitative estimate of drug-likeness (QED) is 0.146. The zero-order valence-electron chi connectivity index (χ0n) is 22.9. The van der Waals surface area contributed by atoms with Crippen LogP contribution < -0.4 is 5.32 Å². The molecule has 0 saturated heterocycles. The van der Waals surface area contributed by atoms with Crippen LogP contribution in [0.15, 0.2) is 89.5 Å². The number of ether oxygens (including phenoxy) is 1. The summed E-state index contributed by atoms with van der Waals surface area (Å²) in [6, 6.07) is 28.1. The second kappa shape index (κ2) is 13.6. The topological polar surface area (TPSA) is 102 Å². The predicted molar refractivity (Wildman–Crippen MR) is 168 cm³/mol. The zero-order valence-corrected chi connectivity index (χ0v) is 24.5. The average Bonchev–Trinajstić information content (AvgIpc) is 3.35. The van der Waals surface area contributed by atoms with E-state index in [1.54, 1.807) is 24.8 Å². The minimum atomic E-state index is -0.768. The van der Waals surface area contributed by atoms with Crippen molar-refractivity contribution in [1.82, 2.24) is 5.16 Å². The number of hydrogen-bond acceptors (Lipinski definition) is 6. The monoisotopic (exact) mass is 600 g/mol. The Morgan fingerprint density at radius 2 is 1.64 bits per heavy atom. The van der Waals surface area contributed by atoms with Gasteiger partial charge in [0.25, 0.3) is 0 Å². The highest BCUT2D eigenvalue weighted by Gasteiger charge is 2.18. The number of anilines is 1. The van der Waals surface area contributed by atoms with Gasteiger partial charge in [-0.05, 0) is 58.1 Å². The van der Waals surface area contributed by atoms with Crippen LogP contribution in [0.4, 0.5) is 10.5 Å². The fraction of sp³-hybridized carbons (Fsp3) is 0.182. The first-order valence-corrected chi connectivity index (χ1v) is 15.0. The van der Waals surface area contributed by atoms with E-state index in [0.29, 0.717) is 34.3 Å². The van der Waals surface area contributed by atoms with Crippen LogP contribution in [0.3, 0.4) is 0 Å². The lowest BCUT2D eigenvalue weighted by Crippen LogP contribution is -2.16. The first-order valence-electron chi connectivity index (χ1n) is 13.4. The summed E-state index contributed by atoms with van der Waals surface area (Å²) < 4.78 is 10.8. The lowest BCUT2D eigenvalue weighted by atomic mass is 9.98. The highest BCUT2D eigenvalue weighted by molar-refractivity contribution is 7.98. The van der Waals surface area contributed by atoms with Crippen molar-refractivity contribution in [2.75, 3.05) is 17.7 Å². The van der Waals surface area contributed by atoms with Crippen molar-refractivity contribution in [2.24, 2.45) is 0 Å². The molecule has 0 fully saturated rings. The maximum atomic E-state index is 12.6. The Hall–Kier alpha value is -4.27. The van der Waals surface area contributed by atoms with Gasteiger partial charge in [0, 0.05) is 28.5 Å². The molecule has 0 atom stereocenters. The number of carboxylic acids is 1. The van der Waals surface area contributed by atoms with E-state index in [4.69, 9.17) is 26.0 Å². The molecule has 0 radical (unpaired) electrons. The number of aliphatic carboxylic acids is 1. The molecule has 1 heterocycles. The molecule has 7 nitrogen and oxygen atoms in total. The van der Waals surface area contributed by atoms with Gasteiger partial charge in [0.2, 0.25) is 0 Å². The smallest absolute Gasteiger partial charge is 0.411 e. The number of benzene rings is 4. The third-order valence-electron chi connectivity index (χ3n) is 6.78. The highest BCUT2D eigenvalue weighted by Crippen LogP contribution is 2.33. The molecular weight excluding hydrogens is 572 g/mol. The van der Waals surface area contributed by atoms with Crippen LogP contribution in [0.1, 0.15) is 23.3 Å². The van der Waals surface area contributed by atoms with Crippen molar-refractivity contribution in [3.05, 3.63) is 107 Å². The van der Waals surface area contributed by atoms with Gasteiger partial charge in [-0.25, -0.2) is 4.79 Å². The molecule has 1 amide bonds. The summed E-state index contributed by atoms with van der Waals surface area (Å²) in [6.45, 7) is 1.92. The van der Waals surface area contributed by atoms with Crippen molar-refractivity contribution < 1.29 is 24.0 Å². The fourth-order valence-electron chi connectivity index (χ4n) is 4.52. The second-order valence-electron chi connectivity index (χ2n) is 9.73. The summed E-state index contributed by atoms with van der Waals surface area (Å²) in [6.07, 6.45) is 0.0884. The summed E-state index contributed by atoms with van der Waals surface area (Å²) in [5, 5.41) is 18.5. The van der Waals surface area contributed by atoms with Crippen LogP contribution in [0, 0.1) is 6.92 Å². The molecule has 0 bridgehead atoms. The Kier molecular flexibility index (Phi) is 9.46. The van der Waals surface area contributed by atoms with Gasteiger partial charge in [-0.2, -0.15) is 11.8 Å². The van der Waals surface area contributed by atoms with Crippen molar-refractivity contribution in [3.8, 4) is 22.4 Å². The third kappa shape index (κ3) is 7.32. The Bertz CT molecular complexity index is 1720. The number of rotatable bonds is 11. The lowest BCUT2D eigenvalue weighted by molar-refractivity contribution is -0.136. The summed E-state index contributed by atoms with van der Waals surface area (Å²) in [4.78, 5) is 23.2. The van der Waals surface area contributed by atoms with Crippen molar-refractivity contribution in [3.63, 3.8) is 0 Å². The van der Waals surface area contributed by atoms with Crippen LogP contribution >= 0.6 is 23.4 Å². The SMILES string of the molecule is Cc1onc(-c2ccc3cc(-c4ccc(CSCCC(=O)O)cc4)ccc3c2)c1NC(=O)OCCc1ccccc1Cl. The molecule has 2 N–H and O–H groups in total. The molecule has 0 aliphatic carbocycles. The molecule has 5 rings (SSSR count). The number of fused-ring (bicyclic) bond motifs is 1. The molecule has 0 unspecified atom stereocenters. The first-order chi connectivity index (χ1) is 20.4. The van der Waals surface area contributed by atoms with E-state index < -0.39 is 12.1 Å². The number of aromatic nitrogens is 1. The molecule has 0 saturated carbocycles. The minimum Gasteiger partial charge on any atom is -0.481 e. The van der Waals surface area contributed by atoms with E-state index in [2.05, 4.69) is 52.9 Å². The standard InChI is InChI=1S/C33H29ClN2O5S/c1-21-31(35-33(39)40-16-14-24-4-2-3-5-29(24)34)32(36-41-21)28-13-12-26-18-25(10-11-27(26)19-28)23-8-6-22(7-9-23)20-42-17-15-30(37)38/h2-13,18-19H,14-17,20H2,1H3,(H,35,39)(H,37,38). The minimum absolute atomic E-state index is 0.174. The van der Waals surface area contributed by atoms with E-state index in [-0.39, 0.29) is 13.0 Å². The number of carbonyl (C=O) groups excluding carboxylic acids is 1. The van der Waals surface area contributed by atoms with Crippen LogP contribution in [0.2, 0.25) is 5.02 Å². The van der Waals surface area contributed by atoms with Crippen LogP contribution in [0.5, 0.6) is 0 Å². The highest BCUT2D eigenvalue weighted by atomic mass is 35.5. The van der Waals surface area contributed by atoms with Gasteiger partial charge in [-0.1, -0.05) is 83.5 Å². The second-order valence-corrected chi connectivity index (χ2v) is 11.2. The van der Waals surface area contributed by atoms with Crippen molar-refractivity contribution in [2.45, 2.75) is 25.5 Å². The number of nitrogens with zero attached hydrogens (tertiary/aromatic N) is 1. The van der Waals surface area contributed by atoms with Crippen LogP contribution in [0.25, 0.3) is 33.2 Å². The predicted octanol–water partition coefficient (Wildman–Crippen LogP) is 8.62. The Balaban J connectivity index is 1.24. The van der Waals surface area contributed by atoms with E-state index in [0.717, 1.165) is 44.3 Å². The van der Waals surface area contributed by atoms with Gasteiger partial charge in [-0.15, -0.1) is 0 Å². The third-order valence-corrected chi connectivity index (χ3v) is 8.18. The van der Waals surface area contributed by atoms with Gasteiger partial charge in [0.15, 0.2) is 5.76 Å². The number of amides is 1. The Labute approximate surface area is 252 Å². The molecule has 42 heavy (non-hydrogen) atoms. The van der Waals surface area contributed by atoms with Crippen molar-refractivity contribution in [1.29, 1.82) is 0 Å². The molecular formula is C33H29ClN2O5S. The summed E-state index contributed by atoms with van der Waals surface area (Å²) in [7, 11) is 0. The number of halogens is 1. The molecule has 5 aromatic rings. The number of nitrogens with one attached hydrogen (secondary N) is 1. The maximum absolute atomic E-state index is 12.6. The molecule has 0 spiro atoms. The number of hydrogen-bond donors (Lipinski definition) is 2. The van der Waals surface area contributed by atoms with Gasteiger partial charge >= 0.3 is 12.1 Å². The molecule has 9 heteroatoms. The van der Waals surface area contributed by atoms with Gasteiger partial charge in [-0.3, -0.25) is 10.1 Å². The Morgan fingerprint density at radius 3 is 2.38 bits per heavy atom. The average molecular weight is 601 g/mol. The number of carbonyl (C=O) groups is 2. The van der Waals surface area contributed by atoms with E-state index in [1.165, 1.54) is 0 Å². The van der Waals surface area contributed by atoms with E-state index in [9.17, 15) is 9.59 Å². The molecule has 214 valence electrons. The van der Waals surface area contributed by atoms with Gasteiger partial charge in [0.05, 0.1) is 13.0 Å².